The van der Waals surface area contributed by atoms with Gasteiger partial charge in [-0.15, -0.1) is 0 Å². The monoisotopic (exact) mass is 334 g/mol. The van der Waals surface area contributed by atoms with Crippen molar-refractivity contribution < 1.29 is 10.1 Å². The summed E-state index contributed by atoms with van der Waals surface area (Å²) in [6.07, 6.45) is 10.7. The summed E-state index contributed by atoms with van der Waals surface area (Å²) in [7, 11) is 0. The van der Waals surface area contributed by atoms with Gasteiger partial charge in [-0.2, -0.15) is 0 Å². The van der Waals surface area contributed by atoms with Crippen LogP contribution in [-0.4, -0.2) is 28.9 Å². The van der Waals surface area contributed by atoms with Gasteiger partial charge in [0.15, 0.2) is 0 Å². The van der Waals surface area contributed by atoms with Gasteiger partial charge in [0, 0.05) is 6.04 Å². The lowest BCUT2D eigenvalue weighted by molar-refractivity contribution is -0.911. The number of nitrogens with zero attached hydrogens (tertiary/aromatic N) is 2. The van der Waals surface area contributed by atoms with Crippen LogP contribution in [0.5, 0.6) is 5.88 Å². The second kappa shape index (κ2) is 7.79. The first-order chi connectivity index (χ1) is 11.7. The van der Waals surface area contributed by atoms with E-state index in [1.807, 2.05) is 0 Å². The summed E-state index contributed by atoms with van der Waals surface area (Å²) < 4.78 is 1.25. The molecule has 2 heterocycles. The Morgan fingerprint density at radius 1 is 1.04 bits per heavy atom. The highest BCUT2D eigenvalue weighted by Gasteiger charge is 2.18. The number of H-pyrrole nitrogens is 1. The average molecular weight is 334 g/mol. The van der Waals surface area contributed by atoms with Crippen molar-refractivity contribution in [2.45, 2.75) is 63.8 Å². The molecule has 2 fully saturated rings. The highest BCUT2D eigenvalue weighted by molar-refractivity contribution is 5.81. The molecule has 7 heteroatoms. The van der Waals surface area contributed by atoms with Crippen molar-refractivity contribution in [3.05, 3.63) is 26.4 Å². The third-order valence-corrected chi connectivity index (χ3v) is 5.13. The molecule has 0 amide bonds. The predicted molar refractivity (Wildman–Crippen MR) is 89.6 cm³/mol. The smallest absolute Gasteiger partial charge is 0.328 e. The minimum Gasteiger partial charge on any atom is -0.859 e. The third-order valence-electron chi connectivity index (χ3n) is 5.13. The van der Waals surface area contributed by atoms with Crippen LogP contribution >= 0.6 is 0 Å². The zero-order valence-electron chi connectivity index (χ0n) is 14.1. The number of piperidine rings is 1. The number of aromatic amines is 1. The molecule has 0 unspecified atom stereocenters. The Kier molecular flexibility index (Phi) is 5.50. The van der Waals surface area contributed by atoms with E-state index in [9.17, 15) is 14.7 Å². The van der Waals surface area contributed by atoms with Gasteiger partial charge >= 0.3 is 5.69 Å². The van der Waals surface area contributed by atoms with Crippen molar-refractivity contribution >= 4 is 6.21 Å². The van der Waals surface area contributed by atoms with E-state index in [1.165, 1.54) is 17.2 Å². The van der Waals surface area contributed by atoms with Crippen LogP contribution in [0.25, 0.3) is 0 Å². The van der Waals surface area contributed by atoms with Gasteiger partial charge < -0.3 is 9.67 Å². The maximum atomic E-state index is 12.7. The summed E-state index contributed by atoms with van der Waals surface area (Å²) in [4.78, 5) is 26.6. The zero-order chi connectivity index (χ0) is 16.9. The van der Waals surface area contributed by atoms with E-state index in [0.29, 0.717) is 0 Å². The van der Waals surface area contributed by atoms with E-state index in [1.54, 1.807) is 0 Å². The summed E-state index contributed by atoms with van der Waals surface area (Å²) in [6.45, 7) is 1.84. The molecule has 2 aliphatic rings. The fraction of sp³-hybridized carbons (Fsp3) is 0.706. The summed E-state index contributed by atoms with van der Waals surface area (Å²) in [5.74, 6) is -0.490. The summed E-state index contributed by atoms with van der Waals surface area (Å²) in [5.41, 5.74) is -1.23. The lowest BCUT2D eigenvalue weighted by Crippen LogP contribution is -3.08. The van der Waals surface area contributed by atoms with Crippen molar-refractivity contribution in [1.82, 2.24) is 9.55 Å². The number of hydrogen-bond donors (Lipinski definition) is 2. The minimum atomic E-state index is -0.630. The molecule has 24 heavy (non-hydrogen) atoms. The van der Waals surface area contributed by atoms with Crippen LogP contribution in [-0.2, 0) is 0 Å². The minimum absolute atomic E-state index is 0.0167. The quantitative estimate of drug-likeness (QED) is 0.597. The molecule has 1 aliphatic heterocycles. The molecule has 0 bridgehead atoms. The van der Waals surface area contributed by atoms with Gasteiger partial charge in [-0.05, 0) is 38.0 Å². The standard InChI is InChI=1S/C17H26N4O3/c22-15-14(12-18-20-10-6-3-7-11-20)16(23)21(17(24)19-15)13-8-4-1-2-5-9-13/h12-13,23H,1-11H2,(H,19,22,24). The van der Waals surface area contributed by atoms with Gasteiger partial charge in [0.25, 0.3) is 5.56 Å². The van der Waals surface area contributed by atoms with Crippen LogP contribution in [0.15, 0.2) is 14.7 Å². The molecule has 132 valence electrons. The van der Waals surface area contributed by atoms with E-state index < -0.39 is 17.1 Å². The first-order valence-corrected chi connectivity index (χ1v) is 9.11. The molecule has 2 N–H and O–H groups in total. The second-order valence-electron chi connectivity index (χ2n) is 6.88. The largest absolute Gasteiger partial charge is 0.859 e. The van der Waals surface area contributed by atoms with E-state index in [4.69, 9.17) is 0 Å². The number of rotatable bonds is 3. The second-order valence-corrected chi connectivity index (χ2v) is 6.88. The molecular formula is C17H26N4O3. The van der Waals surface area contributed by atoms with E-state index >= 15 is 0 Å². The molecule has 0 aromatic carbocycles. The first-order valence-electron chi connectivity index (χ1n) is 9.11. The van der Waals surface area contributed by atoms with E-state index in [2.05, 4.69) is 10.1 Å². The topological polar surface area (TPSA) is 94.7 Å². The highest BCUT2D eigenvalue weighted by Crippen LogP contribution is 2.28. The maximum Gasteiger partial charge on any atom is 0.328 e. The van der Waals surface area contributed by atoms with Crippen LogP contribution in [0, 0.1) is 0 Å². The maximum absolute atomic E-state index is 12.7. The normalized spacial score (nSPS) is 21.2. The lowest BCUT2D eigenvalue weighted by atomic mass is 10.1. The number of hydrogen-bond acceptors (Lipinski definition) is 4. The Bertz CT molecular complexity index is 693. The van der Waals surface area contributed by atoms with Gasteiger partial charge in [-0.25, -0.2) is 9.80 Å². The Morgan fingerprint density at radius 2 is 1.67 bits per heavy atom. The molecule has 1 aromatic rings. The molecule has 7 nitrogen and oxygen atoms in total. The molecular weight excluding hydrogens is 308 g/mol. The molecule has 1 saturated carbocycles. The zero-order valence-corrected chi connectivity index (χ0v) is 14.1. The van der Waals surface area contributed by atoms with Gasteiger partial charge in [0.2, 0.25) is 0 Å². The molecule has 0 spiro atoms. The van der Waals surface area contributed by atoms with Crippen LogP contribution in [0.3, 0.4) is 0 Å². The number of aromatic nitrogens is 2. The molecule has 1 saturated heterocycles. The Morgan fingerprint density at radius 3 is 2.33 bits per heavy atom. The van der Waals surface area contributed by atoms with Crippen LogP contribution in [0.4, 0.5) is 0 Å². The molecule has 3 rings (SSSR count). The molecule has 0 radical (unpaired) electrons. The van der Waals surface area contributed by atoms with Crippen molar-refractivity contribution in [1.29, 1.82) is 0 Å². The van der Waals surface area contributed by atoms with Crippen LogP contribution in [0.1, 0.15) is 69.4 Å². The SMILES string of the molecule is O=c1[nH]c(=O)n(C2CCCCCC2)c([O-])c1C=N[NH+]1CCCCC1. The fourth-order valence-electron chi connectivity index (χ4n) is 3.75. The van der Waals surface area contributed by atoms with E-state index in [-0.39, 0.29) is 11.6 Å². The first kappa shape index (κ1) is 17.0. The fourth-order valence-corrected chi connectivity index (χ4v) is 3.75. The molecule has 0 atom stereocenters. The Labute approximate surface area is 141 Å². The van der Waals surface area contributed by atoms with Crippen molar-refractivity contribution in [2.75, 3.05) is 13.1 Å². The van der Waals surface area contributed by atoms with E-state index in [0.717, 1.165) is 69.5 Å². The Balaban J connectivity index is 1.91. The van der Waals surface area contributed by atoms with Crippen molar-refractivity contribution in [3.8, 4) is 5.88 Å². The summed E-state index contributed by atoms with van der Waals surface area (Å²) in [6, 6.07) is -0.112. The summed E-state index contributed by atoms with van der Waals surface area (Å²) in [5, 5.41) is 18.1. The third kappa shape index (κ3) is 3.77. The number of quaternary nitrogens is 1. The molecule has 1 aromatic heterocycles. The Hall–Kier alpha value is -1.89. The van der Waals surface area contributed by atoms with Crippen molar-refractivity contribution in [3.63, 3.8) is 0 Å². The van der Waals surface area contributed by atoms with Gasteiger partial charge in [0.05, 0.1) is 11.8 Å². The van der Waals surface area contributed by atoms with Gasteiger partial charge in [0.1, 0.15) is 13.1 Å². The highest BCUT2D eigenvalue weighted by atomic mass is 16.3. The van der Waals surface area contributed by atoms with Crippen LogP contribution < -0.4 is 21.4 Å². The van der Waals surface area contributed by atoms with Gasteiger partial charge in [-0.1, -0.05) is 30.8 Å². The predicted octanol–water partition coefficient (Wildman–Crippen LogP) is -0.0918. The molecule has 1 aliphatic carbocycles. The lowest BCUT2D eigenvalue weighted by Gasteiger charge is -2.25. The van der Waals surface area contributed by atoms with Gasteiger partial charge in [-0.3, -0.25) is 9.78 Å². The number of nitrogens with one attached hydrogen (secondary N) is 2. The average Bonchev–Trinajstić information content (AvgIpc) is 2.84. The summed E-state index contributed by atoms with van der Waals surface area (Å²) >= 11 is 0. The van der Waals surface area contributed by atoms with Crippen molar-refractivity contribution in [2.24, 2.45) is 5.10 Å². The van der Waals surface area contributed by atoms with Crippen LogP contribution in [0.2, 0.25) is 0 Å².